The van der Waals surface area contributed by atoms with E-state index in [4.69, 9.17) is 0 Å². The molecule has 3 N–H and O–H groups in total. The normalized spacial score (nSPS) is 13.7. The Morgan fingerprint density at radius 3 is 2.40 bits per heavy atom. The topological polar surface area (TPSA) is 74.2 Å². The number of hydrogen-bond donors (Lipinski definition) is 3. The van der Waals surface area contributed by atoms with E-state index >= 15 is 0 Å². The summed E-state index contributed by atoms with van der Waals surface area (Å²) in [6, 6.07) is 6.46. The minimum absolute atomic E-state index is 0.113. The van der Waals surface area contributed by atoms with Crippen molar-refractivity contribution >= 4 is 5.91 Å². The van der Waals surface area contributed by atoms with Gasteiger partial charge in [0.1, 0.15) is 11.6 Å². The average molecular weight is 420 g/mol. The lowest BCUT2D eigenvalue weighted by Crippen LogP contribution is -2.48. The molecule has 0 spiro atoms. The molecule has 2 atom stereocenters. The van der Waals surface area contributed by atoms with Gasteiger partial charge in [0.05, 0.1) is 12.1 Å². The van der Waals surface area contributed by atoms with Crippen LogP contribution in [0.25, 0.3) is 0 Å². The van der Waals surface area contributed by atoms with Crippen LogP contribution in [0.1, 0.15) is 44.5 Å². The monoisotopic (exact) mass is 419 g/mol. The molecular formula is C23H31F2N3O2. The lowest BCUT2D eigenvalue weighted by Gasteiger charge is -2.24. The Labute approximate surface area is 176 Å². The van der Waals surface area contributed by atoms with E-state index in [1.165, 1.54) is 19.1 Å². The van der Waals surface area contributed by atoms with Crippen molar-refractivity contribution in [2.75, 3.05) is 6.54 Å². The number of nitrogens with zero attached hydrogens (tertiary/aromatic N) is 1. The van der Waals surface area contributed by atoms with Crippen molar-refractivity contribution in [1.29, 1.82) is 0 Å². The molecule has 0 fully saturated rings. The summed E-state index contributed by atoms with van der Waals surface area (Å²) in [5, 5.41) is 16.4. The zero-order chi connectivity index (χ0) is 22.3. The fourth-order valence-electron chi connectivity index (χ4n) is 3.31. The second kappa shape index (κ2) is 10.6. The van der Waals surface area contributed by atoms with Crippen LogP contribution in [0.4, 0.5) is 8.78 Å². The molecule has 0 bridgehead atoms. The molecule has 1 amide bonds. The molecular weight excluding hydrogens is 388 g/mol. The van der Waals surface area contributed by atoms with Gasteiger partial charge < -0.3 is 15.7 Å². The maximum Gasteiger partial charge on any atom is 0.217 e. The third-order valence-corrected chi connectivity index (χ3v) is 4.51. The van der Waals surface area contributed by atoms with Gasteiger partial charge in [-0.3, -0.25) is 9.78 Å². The van der Waals surface area contributed by atoms with Crippen LogP contribution in [0, 0.1) is 17.0 Å². The van der Waals surface area contributed by atoms with Crippen LogP contribution in [0.15, 0.2) is 36.5 Å². The number of halogens is 2. The van der Waals surface area contributed by atoms with E-state index in [0.717, 1.165) is 23.7 Å². The molecule has 0 aliphatic carbocycles. The predicted molar refractivity (Wildman–Crippen MR) is 113 cm³/mol. The first-order valence-corrected chi connectivity index (χ1v) is 10.1. The molecule has 5 nitrogen and oxygen atoms in total. The van der Waals surface area contributed by atoms with Crippen molar-refractivity contribution < 1.29 is 18.7 Å². The van der Waals surface area contributed by atoms with Gasteiger partial charge in [-0.2, -0.15) is 0 Å². The lowest BCUT2D eigenvalue weighted by molar-refractivity contribution is -0.120. The van der Waals surface area contributed by atoms with Crippen molar-refractivity contribution in [2.45, 2.75) is 59.2 Å². The van der Waals surface area contributed by atoms with E-state index in [-0.39, 0.29) is 24.3 Å². The molecule has 0 aliphatic heterocycles. The van der Waals surface area contributed by atoms with Crippen LogP contribution in [0.2, 0.25) is 0 Å². The molecule has 0 aliphatic rings. The number of aliphatic hydroxyl groups excluding tert-OH is 1. The van der Waals surface area contributed by atoms with Gasteiger partial charge >= 0.3 is 0 Å². The second-order valence-electron chi connectivity index (χ2n) is 8.88. The van der Waals surface area contributed by atoms with Gasteiger partial charge in [0.2, 0.25) is 5.91 Å². The average Bonchev–Trinajstić information content (AvgIpc) is 2.58. The molecule has 2 aromatic rings. The minimum Gasteiger partial charge on any atom is -0.390 e. The number of benzene rings is 1. The quantitative estimate of drug-likeness (QED) is 0.584. The van der Waals surface area contributed by atoms with E-state index in [1.54, 1.807) is 6.20 Å². The van der Waals surface area contributed by atoms with Crippen LogP contribution in [-0.2, 0) is 24.2 Å². The third-order valence-electron chi connectivity index (χ3n) is 4.51. The Kier molecular flexibility index (Phi) is 8.43. The SMILES string of the molecule is CC(=O)NC(Cc1cc(F)cc(F)c1)[C@H](O)CNCc1ccnc(CC(C)(C)C)c1. The molecule has 30 heavy (non-hydrogen) atoms. The van der Waals surface area contributed by atoms with Crippen molar-refractivity contribution in [1.82, 2.24) is 15.6 Å². The molecule has 2 rings (SSSR count). The second-order valence-corrected chi connectivity index (χ2v) is 8.88. The number of aromatic nitrogens is 1. The summed E-state index contributed by atoms with van der Waals surface area (Å²) in [4.78, 5) is 15.9. The molecule has 164 valence electrons. The van der Waals surface area contributed by atoms with E-state index in [2.05, 4.69) is 36.4 Å². The highest BCUT2D eigenvalue weighted by molar-refractivity contribution is 5.73. The molecule has 0 radical (unpaired) electrons. The van der Waals surface area contributed by atoms with Crippen LogP contribution >= 0.6 is 0 Å². The Bertz CT molecular complexity index is 832. The summed E-state index contributed by atoms with van der Waals surface area (Å²) >= 11 is 0. The largest absolute Gasteiger partial charge is 0.390 e. The zero-order valence-electron chi connectivity index (χ0n) is 18.0. The van der Waals surface area contributed by atoms with Gasteiger partial charge in [-0.25, -0.2) is 8.78 Å². The van der Waals surface area contributed by atoms with Crippen molar-refractivity contribution in [3.05, 3.63) is 65.0 Å². The number of pyridine rings is 1. The van der Waals surface area contributed by atoms with Crippen molar-refractivity contribution in [2.24, 2.45) is 5.41 Å². The number of amides is 1. The first kappa shape index (κ1) is 23.9. The highest BCUT2D eigenvalue weighted by Crippen LogP contribution is 2.19. The van der Waals surface area contributed by atoms with Crippen LogP contribution in [0.3, 0.4) is 0 Å². The lowest BCUT2D eigenvalue weighted by atomic mass is 9.90. The van der Waals surface area contributed by atoms with Gasteiger partial charge in [0, 0.05) is 38.0 Å². The Morgan fingerprint density at radius 2 is 1.80 bits per heavy atom. The third kappa shape index (κ3) is 8.55. The standard InChI is InChI=1S/C23H31F2N3O2/c1-15(29)28-21(10-17-7-18(24)11-19(25)8-17)22(30)14-26-13-16-5-6-27-20(9-16)12-23(2,3)4/h5-9,11,21-22,26,30H,10,12-14H2,1-4H3,(H,28,29)/t21?,22-/m1/s1. The Morgan fingerprint density at radius 1 is 1.13 bits per heavy atom. The van der Waals surface area contributed by atoms with E-state index in [0.29, 0.717) is 12.1 Å². The Hall–Kier alpha value is -2.38. The van der Waals surface area contributed by atoms with Gasteiger partial charge in [-0.05, 0) is 53.6 Å². The number of carbonyl (C=O) groups excluding carboxylic acids is 1. The fraction of sp³-hybridized carbons (Fsp3) is 0.478. The molecule has 1 unspecified atom stereocenters. The summed E-state index contributed by atoms with van der Waals surface area (Å²) in [6.07, 6.45) is 1.81. The minimum atomic E-state index is -0.934. The maximum atomic E-state index is 13.5. The van der Waals surface area contributed by atoms with E-state index < -0.39 is 23.8 Å². The zero-order valence-corrected chi connectivity index (χ0v) is 18.0. The van der Waals surface area contributed by atoms with Crippen LogP contribution < -0.4 is 10.6 Å². The molecule has 1 aromatic heterocycles. The number of nitrogens with one attached hydrogen (secondary N) is 2. The molecule has 0 saturated carbocycles. The number of carbonyl (C=O) groups is 1. The van der Waals surface area contributed by atoms with Crippen LogP contribution in [0.5, 0.6) is 0 Å². The molecule has 7 heteroatoms. The van der Waals surface area contributed by atoms with E-state index in [1.807, 2.05) is 12.1 Å². The summed E-state index contributed by atoms with van der Waals surface area (Å²) in [6.45, 7) is 8.54. The number of aliphatic hydroxyl groups is 1. The van der Waals surface area contributed by atoms with Crippen molar-refractivity contribution in [3.63, 3.8) is 0 Å². The molecule has 1 heterocycles. The Balaban J connectivity index is 1.96. The van der Waals surface area contributed by atoms with Gasteiger partial charge in [-0.1, -0.05) is 20.8 Å². The highest BCUT2D eigenvalue weighted by atomic mass is 19.1. The highest BCUT2D eigenvalue weighted by Gasteiger charge is 2.21. The van der Waals surface area contributed by atoms with E-state index in [9.17, 15) is 18.7 Å². The van der Waals surface area contributed by atoms with Crippen LogP contribution in [-0.4, -0.2) is 34.7 Å². The first-order chi connectivity index (χ1) is 14.0. The van der Waals surface area contributed by atoms with Gasteiger partial charge in [-0.15, -0.1) is 0 Å². The predicted octanol–water partition coefficient (Wildman–Crippen LogP) is 3.15. The number of rotatable bonds is 9. The van der Waals surface area contributed by atoms with Gasteiger partial charge in [0.15, 0.2) is 0 Å². The van der Waals surface area contributed by atoms with Crippen molar-refractivity contribution in [3.8, 4) is 0 Å². The summed E-state index contributed by atoms with van der Waals surface area (Å²) < 4.78 is 26.9. The summed E-state index contributed by atoms with van der Waals surface area (Å²) in [5.74, 6) is -1.71. The molecule has 1 aromatic carbocycles. The summed E-state index contributed by atoms with van der Waals surface area (Å²) in [5.41, 5.74) is 2.55. The summed E-state index contributed by atoms with van der Waals surface area (Å²) in [7, 11) is 0. The smallest absolute Gasteiger partial charge is 0.217 e. The first-order valence-electron chi connectivity index (χ1n) is 10.1. The van der Waals surface area contributed by atoms with Gasteiger partial charge in [0.25, 0.3) is 0 Å². The fourth-order valence-corrected chi connectivity index (χ4v) is 3.31. The molecule has 0 saturated heterocycles. The number of hydrogen-bond acceptors (Lipinski definition) is 4. The maximum absolute atomic E-state index is 13.5.